The molecule has 0 N–H and O–H groups in total. The van der Waals surface area contributed by atoms with Gasteiger partial charge in [-0.25, -0.2) is 4.98 Å². The topological polar surface area (TPSA) is 77.4 Å². The highest BCUT2D eigenvalue weighted by molar-refractivity contribution is 5.06. The smallest absolute Gasteiger partial charge is 0.246 e. The van der Waals surface area contributed by atoms with Crippen LogP contribution >= 0.6 is 0 Å². The van der Waals surface area contributed by atoms with E-state index in [9.17, 15) is 0 Å². The molecule has 1 unspecified atom stereocenters. The van der Waals surface area contributed by atoms with Gasteiger partial charge in [-0.05, 0) is 6.92 Å². The lowest BCUT2D eigenvalue weighted by Gasteiger charge is -2.32. The summed E-state index contributed by atoms with van der Waals surface area (Å²) in [5.41, 5.74) is -0.0424. The van der Waals surface area contributed by atoms with Crippen molar-refractivity contribution in [2.24, 2.45) is 0 Å². The molecule has 0 radical (unpaired) electrons. The Bertz CT molecular complexity index is 629. The van der Waals surface area contributed by atoms with Gasteiger partial charge < -0.3 is 13.7 Å². The molecule has 3 rings (SSSR count). The molecule has 7 nitrogen and oxygen atoms in total. The molecule has 0 bridgehead atoms. The standard InChI is InChI=1S/C15H22N4O3/c1-10-17-14(22-18-10)11-9-20-6-5-19(11)8-13-16-7-12(21-13)15(2,3)4/h7,11H,5-6,8-9H2,1-4H3. The number of oxazole rings is 1. The minimum absolute atomic E-state index is 0.0424. The summed E-state index contributed by atoms with van der Waals surface area (Å²) in [5, 5.41) is 3.86. The second-order valence-corrected chi connectivity index (χ2v) is 6.61. The quantitative estimate of drug-likeness (QED) is 0.860. The molecule has 2 aromatic rings. The Morgan fingerprint density at radius 2 is 2.18 bits per heavy atom. The summed E-state index contributed by atoms with van der Waals surface area (Å²) in [7, 11) is 0. The molecule has 0 aromatic carbocycles. The summed E-state index contributed by atoms with van der Waals surface area (Å²) in [6.45, 7) is 10.7. The first-order chi connectivity index (χ1) is 10.4. The van der Waals surface area contributed by atoms with Crippen molar-refractivity contribution < 1.29 is 13.7 Å². The zero-order valence-corrected chi connectivity index (χ0v) is 13.5. The second-order valence-electron chi connectivity index (χ2n) is 6.61. The van der Waals surface area contributed by atoms with Gasteiger partial charge in [-0.2, -0.15) is 4.98 Å². The van der Waals surface area contributed by atoms with E-state index in [-0.39, 0.29) is 11.5 Å². The van der Waals surface area contributed by atoms with E-state index in [1.807, 2.05) is 13.1 Å². The van der Waals surface area contributed by atoms with E-state index in [4.69, 9.17) is 13.7 Å². The van der Waals surface area contributed by atoms with Crippen LogP contribution in [-0.4, -0.2) is 39.8 Å². The Kier molecular flexibility index (Phi) is 4.01. The van der Waals surface area contributed by atoms with Gasteiger partial charge in [-0.15, -0.1) is 0 Å². The van der Waals surface area contributed by atoms with Crippen LogP contribution < -0.4 is 0 Å². The lowest BCUT2D eigenvalue weighted by Crippen LogP contribution is -2.39. The highest BCUT2D eigenvalue weighted by Crippen LogP contribution is 2.27. The van der Waals surface area contributed by atoms with Crippen molar-refractivity contribution in [3.8, 4) is 0 Å². The summed E-state index contributed by atoms with van der Waals surface area (Å²) < 4.78 is 16.7. The normalized spacial score (nSPS) is 20.5. The molecule has 1 atom stereocenters. The van der Waals surface area contributed by atoms with Gasteiger partial charge in [0.1, 0.15) is 11.8 Å². The number of ether oxygens (including phenoxy) is 1. The van der Waals surface area contributed by atoms with E-state index >= 15 is 0 Å². The van der Waals surface area contributed by atoms with Gasteiger partial charge in [0.25, 0.3) is 0 Å². The van der Waals surface area contributed by atoms with E-state index in [2.05, 4.69) is 40.8 Å². The fourth-order valence-electron chi connectivity index (χ4n) is 2.41. The van der Waals surface area contributed by atoms with E-state index in [0.29, 0.717) is 37.4 Å². The van der Waals surface area contributed by atoms with Crippen molar-refractivity contribution in [3.63, 3.8) is 0 Å². The first kappa shape index (κ1) is 15.2. The number of rotatable bonds is 3. The highest BCUT2D eigenvalue weighted by Gasteiger charge is 2.30. The molecule has 0 saturated carbocycles. The number of aromatic nitrogens is 3. The molecule has 7 heteroatoms. The van der Waals surface area contributed by atoms with Gasteiger partial charge >= 0.3 is 0 Å². The number of aryl methyl sites for hydroxylation is 1. The molecule has 1 aliphatic heterocycles. The van der Waals surface area contributed by atoms with Gasteiger partial charge in [0.05, 0.1) is 26.0 Å². The first-order valence-electron chi connectivity index (χ1n) is 7.50. The Morgan fingerprint density at radius 1 is 1.36 bits per heavy atom. The van der Waals surface area contributed by atoms with Crippen LogP contribution in [0.25, 0.3) is 0 Å². The van der Waals surface area contributed by atoms with Gasteiger partial charge in [-0.3, -0.25) is 4.90 Å². The highest BCUT2D eigenvalue weighted by atomic mass is 16.5. The number of hydrogen-bond donors (Lipinski definition) is 0. The minimum atomic E-state index is -0.0556. The molecule has 1 fully saturated rings. The molecule has 120 valence electrons. The third kappa shape index (κ3) is 3.20. The maximum atomic E-state index is 5.88. The van der Waals surface area contributed by atoms with Crippen molar-refractivity contribution >= 4 is 0 Å². The van der Waals surface area contributed by atoms with Crippen molar-refractivity contribution in [1.29, 1.82) is 0 Å². The third-order valence-electron chi connectivity index (χ3n) is 3.70. The second kappa shape index (κ2) is 5.81. The predicted octanol–water partition coefficient (Wildman–Crippen LogP) is 2.24. The van der Waals surface area contributed by atoms with Crippen LogP contribution in [0.5, 0.6) is 0 Å². The average Bonchev–Trinajstić information content (AvgIpc) is 3.08. The van der Waals surface area contributed by atoms with E-state index < -0.39 is 0 Å². The van der Waals surface area contributed by atoms with Crippen LogP contribution in [0, 0.1) is 6.92 Å². The summed E-state index contributed by atoms with van der Waals surface area (Å²) in [6.07, 6.45) is 1.81. The minimum Gasteiger partial charge on any atom is -0.444 e. The van der Waals surface area contributed by atoms with Crippen molar-refractivity contribution in [2.45, 2.75) is 45.7 Å². The summed E-state index contributed by atoms with van der Waals surface area (Å²) >= 11 is 0. The summed E-state index contributed by atoms with van der Waals surface area (Å²) in [5.74, 6) is 2.81. The third-order valence-corrected chi connectivity index (χ3v) is 3.70. The van der Waals surface area contributed by atoms with Gasteiger partial charge in [0.15, 0.2) is 5.82 Å². The fourth-order valence-corrected chi connectivity index (χ4v) is 2.41. The zero-order valence-electron chi connectivity index (χ0n) is 13.5. The van der Waals surface area contributed by atoms with Crippen LogP contribution in [0.2, 0.25) is 0 Å². The van der Waals surface area contributed by atoms with E-state index in [1.165, 1.54) is 0 Å². The van der Waals surface area contributed by atoms with Crippen molar-refractivity contribution in [3.05, 3.63) is 29.6 Å². The lowest BCUT2D eigenvalue weighted by atomic mass is 9.94. The largest absolute Gasteiger partial charge is 0.444 e. The number of morpholine rings is 1. The van der Waals surface area contributed by atoms with Crippen molar-refractivity contribution in [1.82, 2.24) is 20.0 Å². The van der Waals surface area contributed by atoms with Crippen LogP contribution in [0.4, 0.5) is 0 Å². The molecule has 0 spiro atoms. The van der Waals surface area contributed by atoms with Gasteiger partial charge in [-0.1, -0.05) is 25.9 Å². The zero-order chi connectivity index (χ0) is 15.7. The summed E-state index contributed by atoms with van der Waals surface area (Å²) in [4.78, 5) is 10.9. The maximum absolute atomic E-state index is 5.88. The van der Waals surface area contributed by atoms with Crippen LogP contribution in [0.3, 0.4) is 0 Å². The van der Waals surface area contributed by atoms with Crippen molar-refractivity contribution in [2.75, 3.05) is 19.8 Å². The van der Waals surface area contributed by atoms with Gasteiger partial charge in [0, 0.05) is 12.0 Å². The lowest BCUT2D eigenvalue weighted by molar-refractivity contribution is -0.0275. The number of hydrogen-bond acceptors (Lipinski definition) is 7. The summed E-state index contributed by atoms with van der Waals surface area (Å²) in [6, 6.07) is -0.0556. The van der Waals surface area contributed by atoms with E-state index in [0.717, 1.165) is 12.3 Å². The fraction of sp³-hybridized carbons (Fsp3) is 0.667. The monoisotopic (exact) mass is 306 g/mol. The van der Waals surface area contributed by atoms with Crippen LogP contribution in [-0.2, 0) is 16.7 Å². The van der Waals surface area contributed by atoms with E-state index in [1.54, 1.807) is 0 Å². The molecule has 22 heavy (non-hydrogen) atoms. The number of nitrogens with zero attached hydrogens (tertiary/aromatic N) is 4. The molecular weight excluding hydrogens is 284 g/mol. The molecule has 0 aliphatic carbocycles. The molecule has 0 amide bonds. The maximum Gasteiger partial charge on any atom is 0.246 e. The molecule has 1 aliphatic rings. The molecular formula is C15H22N4O3. The van der Waals surface area contributed by atoms with Crippen LogP contribution in [0.1, 0.15) is 50.2 Å². The Hall–Kier alpha value is -1.73. The van der Waals surface area contributed by atoms with Gasteiger partial charge in [0.2, 0.25) is 11.8 Å². The average molecular weight is 306 g/mol. The van der Waals surface area contributed by atoms with Crippen LogP contribution in [0.15, 0.2) is 15.1 Å². The molecule has 2 aromatic heterocycles. The predicted molar refractivity (Wildman–Crippen MR) is 78.2 cm³/mol. The molecule has 1 saturated heterocycles. The SMILES string of the molecule is Cc1noc(C2COCCN2Cc2ncc(C(C)(C)C)o2)n1. The first-order valence-corrected chi connectivity index (χ1v) is 7.50. The Morgan fingerprint density at radius 3 is 2.82 bits per heavy atom. The Labute approximate surface area is 129 Å². The molecule has 3 heterocycles. The Balaban J connectivity index is 1.75.